The predicted octanol–water partition coefficient (Wildman–Crippen LogP) is 0.528. The van der Waals surface area contributed by atoms with Crippen LogP contribution in [0.1, 0.15) is 20.1 Å². The van der Waals surface area contributed by atoms with Gasteiger partial charge >= 0.3 is 5.69 Å². The summed E-state index contributed by atoms with van der Waals surface area (Å²) in [5.41, 5.74) is -1.80. The Labute approximate surface area is 132 Å². The largest absolute Gasteiger partial charge is 0.348 e. The molecular weight excluding hydrogens is 398 g/mol. The molecule has 0 spiro atoms. The number of halogens is 2. The predicted molar refractivity (Wildman–Crippen MR) is 77.9 cm³/mol. The molecule has 7 nitrogen and oxygen atoms in total. The lowest BCUT2D eigenvalue weighted by atomic mass is 10.1. The third-order valence-corrected chi connectivity index (χ3v) is 4.34. The number of hydrogen-bond acceptors (Lipinski definition) is 5. The van der Waals surface area contributed by atoms with E-state index in [0.29, 0.717) is 4.43 Å². The summed E-state index contributed by atoms with van der Waals surface area (Å²) in [6, 6.07) is 0. The fourth-order valence-electron chi connectivity index (χ4n) is 2.66. The molecule has 4 atom stereocenters. The molecule has 21 heavy (non-hydrogen) atoms. The van der Waals surface area contributed by atoms with Gasteiger partial charge in [-0.3, -0.25) is 14.3 Å². The minimum absolute atomic E-state index is 0.274. The van der Waals surface area contributed by atoms with Crippen LogP contribution >= 0.6 is 22.6 Å². The number of rotatable bonds is 2. The standard InChI is InChI=1S/C12H14FIN2O5/c1-12(2)20-7-6(3-14)19-10(8(7)21-12)16-4-5(13)9(17)15-11(16)18/h4,6-8,10H,3H2,1-2H3,(H,15,17,18)/t6-,7-,8?,10-/m1/s1. The highest BCUT2D eigenvalue weighted by Gasteiger charge is 2.55. The van der Waals surface area contributed by atoms with Crippen molar-refractivity contribution in [3.8, 4) is 0 Å². The van der Waals surface area contributed by atoms with E-state index in [4.69, 9.17) is 14.2 Å². The number of nitrogens with one attached hydrogen (secondary N) is 1. The first-order valence-electron chi connectivity index (χ1n) is 6.40. The first-order chi connectivity index (χ1) is 9.82. The second kappa shape index (κ2) is 5.14. The second-order valence-electron chi connectivity index (χ2n) is 5.43. The van der Waals surface area contributed by atoms with Crippen molar-refractivity contribution < 1.29 is 18.6 Å². The number of aromatic nitrogens is 2. The minimum atomic E-state index is -1.06. The van der Waals surface area contributed by atoms with Gasteiger partial charge in [0.25, 0.3) is 5.56 Å². The number of aromatic amines is 1. The third kappa shape index (κ3) is 2.56. The molecule has 1 aromatic heterocycles. The summed E-state index contributed by atoms with van der Waals surface area (Å²) < 4.78 is 32.4. The number of fused-ring (bicyclic) bond motifs is 1. The van der Waals surface area contributed by atoms with Crippen LogP contribution < -0.4 is 11.2 Å². The van der Waals surface area contributed by atoms with Gasteiger partial charge in [0, 0.05) is 4.43 Å². The van der Waals surface area contributed by atoms with Gasteiger partial charge in [0.15, 0.2) is 12.0 Å². The summed E-state index contributed by atoms with van der Waals surface area (Å²) in [6.07, 6.45) is -1.15. The highest BCUT2D eigenvalue weighted by molar-refractivity contribution is 14.1. The summed E-state index contributed by atoms with van der Waals surface area (Å²) in [6.45, 7) is 3.53. The first kappa shape index (κ1) is 15.1. The van der Waals surface area contributed by atoms with E-state index in [2.05, 4.69) is 22.6 Å². The van der Waals surface area contributed by atoms with Crippen molar-refractivity contribution in [3.63, 3.8) is 0 Å². The molecule has 0 saturated carbocycles. The van der Waals surface area contributed by atoms with Crippen LogP contribution in [-0.4, -0.2) is 38.1 Å². The quantitative estimate of drug-likeness (QED) is 0.566. The van der Waals surface area contributed by atoms with Crippen molar-refractivity contribution in [1.29, 1.82) is 0 Å². The van der Waals surface area contributed by atoms with Crippen molar-refractivity contribution in [2.75, 3.05) is 4.43 Å². The molecular formula is C12H14FIN2O5. The van der Waals surface area contributed by atoms with Gasteiger partial charge < -0.3 is 14.2 Å². The maximum atomic E-state index is 13.5. The van der Waals surface area contributed by atoms with E-state index in [1.165, 1.54) is 0 Å². The molecule has 1 aromatic rings. The average molecular weight is 412 g/mol. The molecule has 2 saturated heterocycles. The smallest absolute Gasteiger partial charge is 0.330 e. The lowest BCUT2D eigenvalue weighted by Crippen LogP contribution is -2.38. The lowest BCUT2D eigenvalue weighted by Gasteiger charge is -2.24. The van der Waals surface area contributed by atoms with Crippen LogP contribution in [0.3, 0.4) is 0 Å². The van der Waals surface area contributed by atoms with Gasteiger partial charge in [-0.25, -0.2) is 4.79 Å². The zero-order chi connectivity index (χ0) is 15.4. The van der Waals surface area contributed by atoms with E-state index in [1.54, 1.807) is 13.8 Å². The van der Waals surface area contributed by atoms with Crippen LogP contribution in [0.2, 0.25) is 0 Å². The van der Waals surface area contributed by atoms with Crippen LogP contribution in [0, 0.1) is 5.82 Å². The molecule has 3 rings (SSSR count). The summed E-state index contributed by atoms with van der Waals surface area (Å²) in [7, 11) is 0. The molecule has 2 aliphatic heterocycles. The summed E-state index contributed by atoms with van der Waals surface area (Å²) in [5.74, 6) is -1.85. The normalized spacial score (nSPS) is 34.1. The van der Waals surface area contributed by atoms with E-state index in [1.807, 2.05) is 4.98 Å². The topological polar surface area (TPSA) is 82.6 Å². The van der Waals surface area contributed by atoms with Gasteiger partial charge in [0.05, 0.1) is 12.3 Å². The van der Waals surface area contributed by atoms with E-state index in [9.17, 15) is 14.0 Å². The SMILES string of the molecule is CC1(C)OC2[C@H](n3cc(F)c(=O)[nH]c3=O)O[C@H](CI)[C@H]2O1. The third-order valence-electron chi connectivity index (χ3n) is 3.48. The number of H-pyrrole nitrogens is 1. The van der Waals surface area contributed by atoms with Crippen molar-refractivity contribution in [2.45, 2.75) is 44.2 Å². The second-order valence-corrected chi connectivity index (χ2v) is 6.31. The molecule has 9 heteroatoms. The lowest BCUT2D eigenvalue weighted by molar-refractivity contribution is -0.194. The highest BCUT2D eigenvalue weighted by Crippen LogP contribution is 2.42. The van der Waals surface area contributed by atoms with E-state index < -0.39 is 35.2 Å². The minimum Gasteiger partial charge on any atom is -0.348 e. The molecule has 0 aromatic carbocycles. The van der Waals surface area contributed by atoms with Crippen molar-refractivity contribution in [2.24, 2.45) is 0 Å². The van der Waals surface area contributed by atoms with E-state index >= 15 is 0 Å². The fourth-order valence-corrected chi connectivity index (χ4v) is 3.37. The molecule has 116 valence electrons. The van der Waals surface area contributed by atoms with Crippen molar-refractivity contribution >= 4 is 22.6 Å². The Bertz CT molecular complexity index is 672. The Morgan fingerprint density at radius 1 is 1.38 bits per heavy atom. The first-order valence-corrected chi connectivity index (χ1v) is 7.93. The average Bonchev–Trinajstić information content (AvgIpc) is 2.87. The van der Waals surface area contributed by atoms with Gasteiger partial charge in [-0.15, -0.1) is 0 Å². The van der Waals surface area contributed by atoms with E-state index in [0.717, 1.165) is 10.8 Å². The molecule has 1 N–H and O–H groups in total. The number of hydrogen-bond donors (Lipinski definition) is 1. The fraction of sp³-hybridized carbons (Fsp3) is 0.667. The number of alkyl halides is 1. The van der Waals surface area contributed by atoms with Gasteiger partial charge in [0.2, 0.25) is 5.82 Å². The monoisotopic (exact) mass is 412 g/mol. The Balaban J connectivity index is 2.01. The van der Waals surface area contributed by atoms with Crippen LogP contribution in [0.4, 0.5) is 4.39 Å². The summed E-state index contributed by atoms with van der Waals surface area (Å²) >= 11 is 2.15. The van der Waals surface area contributed by atoms with Crippen molar-refractivity contribution in [1.82, 2.24) is 9.55 Å². The van der Waals surface area contributed by atoms with Gasteiger partial charge in [-0.1, -0.05) is 22.6 Å². The number of nitrogens with zero attached hydrogens (tertiary/aromatic N) is 1. The van der Waals surface area contributed by atoms with Gasteiger partial charge in [0.1, 0.15) is 12.2 Å². The Morgan fingerprint density at radius 2 is 2.05 bits per heavy atom. The molecule has 0 amide bonds. The summed E-state index contributed by atoms with van der Waals surface area (Å²) in [5, 5.41) is 0. The Morgan fingerprint density at radius 3 is 2.71 bits per heavy atom. The Kier molecular flexibility index (Phi) is 3.71. The zero-order valence-corrected chi connectivity index (χ0v) is 13.5. The van der Waals surface area contributed by atoms with Gasteiger partial charge in [-0.05, 0) is 13.8 Å². The maximum Gasteiger partial charge on any atom is 0.330 e. The molecule has 0 radical (unpaired) electrons. The van der Waals surface area contributed by atoms with Crippen LogP contribution in [0.25, 0.3) is 0 Å². The number of ether oxygens (including phenoxy) is 3. The molecule has 0 bridgehead atoms. The zero-order valence-electron chi connectivity index (χ0n) is 11.3. The van der Waals surface area contributed by atoms with E-state index in [-0.39, 0.29) is 12.2 Å². The molecule has 0 aliphatic carbocycles. The molecule has 2 aliphatic rings. The summed E-state index contributed by atoms with van der Waals surface area (Å²) in [4.78, 5) is 24.9. The molecule has 2 fully saturated rings. The highest BCUT2D eigenvalue weighted by atomic mass is 127. The van der Waals surface area contributed by atoms with Crippen LogP contribution in [-0.2, 0) is 14.2 Å². The maximum absolute atomic E-state index is 13.5. The van der Waals surface area contributed by atoms with Gasteiger partial charge in [-0.2, -0.15) is 4.39 Å². The van der Waals surface area contributed by atoms with Crippen molar-refractivity contribution in [3.05, 3.63) is 32.9 Å². The molecule has 1 unspecified atom stereocenters. The Hall–Kier alpha value is -0.780. The van der Waals surface area contributed by atoms with Crippen LogP contribution in [0.5, 0.6) is 0 Å². The van der Waals surface area contributed by atoms with Crippen LogP contribution in [0.15, 0.2) is 15.8 Å². The molecule has 3 heterocycles.